The predicted octanol–water partition coefficient (Wildman–Crippen LogP) is 3.14. The summed E-state index contributed by atoms with van der Waals surface area (Å²) in [6.07, 6.45) is 1.81. The Balaban J connectivity index is 3.51. The fraction of sp³-hybridized carbons (Fsp3) is 0.600. The number of sulfone groups is 1. The van der Waals surface area contributed by atoms with Crippen molar-refractivity contribution in [2.45, 2.75) is 44.9 Å². The second-order valence-electron chi connectivity index (χ2n) is 5.85. The van der Waals surface area contributed by atoms with Crippen LogP contribution in [0.5, 0.6) is 0 Å². The van der Waals surface area contributed by atoms with Gasteiger partial charge in [-0.05, 0) is 45.4 Å². The van der Waals surface area contributed by atoms with Gasteiger partial charge in [-0.1, -0.05) is 13.0 Å². The monoisotopic (exact) mass is 319 g/mol. The van der Waals surface area contributed by atoms with Crippen molar-refractivity contribution in [1.29, 1.82) is 0 Å². The van der Waals surface area contributed by atoms with Gasteiger partial charge in [0.1, 0.15) is 11.6 Å². The van der Waals surface area contributed by atoms with E-state index in [1.165, 1.54) is 32.9 Å². The van der Waals surface area contributed by atoms with E-state index < -0.39 is 32.3 Å². The number of rotatable bonds is 6. The minimum Gasteiger partial charge on any atom is -0.308 e. The third-order valence-electron chi connectivity index (χ3n) is 3.86. The Hall–Kier alpha value is -1.01. The Morgan fingerprint density at radius 1 is 1.29 bits per heavy atom. The summed E-state index contributed by atoms with van der Waals surface area (Å²) in [5, 5.41) is 2.98. The minimum atomic E-state index is -3.52. The van der Waals surface area contributed by atoms with E-state index in [9.17, 15) is 17.2 Å². The number of hydrogen-bond donors (Lipinski definition) is 1. The van der Waals surface area contributed by atoms with Gasteiger partial charge in [-0.25, -0.2) is 17.2 Å². The Morgan fingerprint density at radius 3 is 2.33 bits per heavy atom. The first-order chi connectivity index (χ1) is 9.54. The van der Waals surface area contributed by atoms with Crippen LogP contribution >= 0.6 is 0 Å². The summed E-state index contributed by atoms with van der Waals surface area (Å²) in [5.74, 6) is -1.43. The molecule has 1 rings (SSSR count). The van der Waals surface area contributed by atoms with Crippen LogP contribution in [0.4, 0.5) is 8.78 Å². The molecule has 0 amide bonds. The van der Waals surface area contributed by atoms with Gasteiger partial charge in [-0.3, -0.25) is 0 Å². The van der Waals surface area contributed by atoms with Gasteiger partial charge in [-0.2, -0.15) is 0 Å². The van der Waals surface area contributed by atoms with Crippen LogP contribution in [0, 0.1) is 18.6 Å². The molecule has 6 heteroatoms. The second kappa shape index (κ2) is 6.40. The molecule has 0 saturated carbocycles. The van der Waals surface area contributed by atoms with Gasteiger partial charge in [0.15, 0.2) is 9.84 Å². The molecule has 21 heavy (non-hydrogen) atoms. The van der Waals surface area contributed by atoms with Crippen molar-refractivity contribution in [1.82, 2.24) is 5.32 Å². The molecule has 0 fully saturated rings. The average Bonchev–Trinajstić information content (AvgIpc) is 2.36. The number of halogens is 2. The Kier molecular flexibility index (Phi) is 5.50. The van der Waals surface area contributed by atoms with Crippen LogP contribution in [-0.4, -0.2) is 26.0 Å². The Morgan fingerprint density at radius 2 is 1.86 bits per heavy atom. The molecule has 1 unspecified atom stereocenters. The molecule has 3 nitrogen and oxygen atoms in total. The zero-order valence-electron chi connectivity index (χ0n) is 13.1. The Labute approximate surface area is 125 Å². The first-order valence-corrected chi connectivity index (χ1v) is 8.80. The fourth-order valence-corrected chi connectivity index (χ4v) is 2.77. The zero-order chi connectivity index (χ0) is 16.4. The summed E-state index contributed by atoms with van der Waals surface area (Å²) in [5.41, 5.74) is 0.0814. The van der Waals surface area contributed by atoms with Gasteiger partial charge < -0.3 is 5.32 Å². The highest BCUT2D eigenvalue weighted by Gasteiger charge is 2.42. The molecule has 1 aromatic rings. The third-order valence-corrected chi connectivity index (χ3v) is 6.00. The summed E-state index contributed by atoms with van der Waals surface area (Å²) >= 11 is 0. The third kappa shape index (κ3) is 3.61. The number of aryl methyl sites for hydroxylation is 1. The van der Waals surface area contributed by atoms with Crippen molar-refractivity contribution in [3.8, 4) is 0 Å². The predicted molar refractivity (Wildman–Crippen MR) is 81.1 cm³/mol. The van der Waals surface area contributed by atoms with Crippen molar-refractivity contribution < 1.29 is 17.2 Å². The van der Waals surface area contributed by atoms with E-state index in [0.717, 1.165) is 12.7 Å². The van der Waals surface area contributed by atoms with Crippen molar-refractivity contribution in [3.63, 3.8) is 0 Å². The largest absolute Gasteiger partial charge is 0.308 e. The smallest absolute Gasteiger partial charge is 0.154 e. The van der Waals surface area contributed by atoms with E-state index in [1.54, 1.807) is 0 Å². The van der Waals surface area contributed by atoms with Gasteiger partial charge >= 0.3 is 0 Å². The van der Waals surface area contributed by atoms with Crippen LogP contribution in [-0.2, 0) is 9.84 Å². The lowest BCUT2D eigenvalue weighted by molar-refractivity contribution is 0.389. The van der Waals surface area contributed by atoms with Crippen LogP contribution in [0.2, 0.25) is 0 Å². The summed E-state index contributed by atoms with van der Waals surface area (Å²) in [4.78, 5) is 0. The normalized spacial score (nSPS) is 14.2. The summed E-state index contributed by atoms with van der Waals surface area (Å²) < 4.78 is 51.3. The number of benzene rings is 1. The van der Waals surface area contributed by atoms with E-state index in [-0.39, 0.29) is 5.56 Å². The quantitative estimate of drug-likeness (QED) is 0.876. The standard InChI is InChI=1S/C15H23F2NO2S/c1-6-9-18-14(15(3,4)21(5,19)20)12-11(16)8-7-10(2)13(12)17/h7-8,14,18H,6,9H2,1-5H3. The summed E-state index contributed by atoms with van der Waals surface area (Å²) in [7, 11) is -3.52. The van der Waals surface area contributed by atoms with E-state index in [4.69, 9.17) is 0 Å². The van der Waals surface area contributed by atoms with Gasteiger partial charge in [0, 0.05) is 11.8 Å². The highest BCUT2D eigenvalue weighted by atomic mass is 32.2. The molecule has 0 spiro atoms. The van der Waals surface area contributed by atoms with E-state index in [1.807, 2.05) is 6.92 Å². The van der Waals surface area contributed by atoms with Crippen LogP contribution in [0.25, 0.3) is 0 Å². The zero-order valence-corrected chi connectivity index (χ0v) is 13.9. The average molecular weight is 319 g/mol. The second-order valence-corrected chi connectivity index (χ2v) is 8.45. The maximum Gasteiger partial charge on any atom is 0.154 e. The van der Waals surface area contributed by atoms with E-state index in [0.29, 0.717) is 12.1 Å². The minimum absolute atomic E-state index is 0.209. The molecule has 0 aliphatic heterocycles. The summed E-state index contributed by atoms with van der Waals surface area (Å²) in [6, 6.07) is 1.57. The van der Waals surface area contributed by atoms with Crippen molar-refractivity contribution in [2.24, 2.45) is 0 Å². The molecular formula is C15H23F2NO2S. The lowest BCUT2D eigenvalue weighted by atomic mass is 9.92. The molecular weight excluding hydrogens is 296 g/mol. The van der Waals surface area contributed by atoms with Crippen LogP contribution in [0.15, 0.2) is 12.1 Å². The highest BCUT2D eigenvalue weighted by Crippen LogP contribution is 2.35. The molecule has 0 aromatic heterocycles. The first-order valence-electron chi connectivity index (χ1n) is 6.91. The van der Waals surface area contributed by atoms with Gasteiger partial charge in [-0.15, -0.1) is 0 Å². The molecule has 1 atom stereocenters. The molecule has 0 saturated heterocycles. The topological polar surface area (TPSA) is 46.2 Å². The van der Waals surface area contributed by atoms with Crippen molar-refractivity contribution >= 4 is 9.84 Å². The molecule has 0 bridgehead atoms. The van der Waals surface area contributed by atoms with Crippen LogP contribution < -0.4 is 5.32 Å². The SMILES string of the molecule is CCCNC(c1c(F)ccc(C)c1F)C(C)(C)S(C)(=O)=O. The van der Waals surface area contributed by atoms with Crippen molar-refractivity contribution in [3.05, 3.63) is 34.9 Å². The maximum atomic E-state index is 14.4. The van der Waals surface area contributed by atoms with Crippen LogP contribution in [0.3, 0.4) is 0 Å². The molecule has 0 aliphatic carbocycles. The first kappa shape index (κ1) is 18.0. The maximum absolute atomic E-state index is 14.4. The lowest BCUT2D eigenvalue weighted by Gasteiger charge is -2.34. The molecule has 1 N–H and O–H groups in total. The van der Waals surface area contributed by atoms with Crippen LogP contribution in [0.1, 0.15) is 44.4 Å². The molecule has 120 valence electrons. The van der Waals surface area contributed by atoms with Crippen molar-refractivity contribution in [2.75, 3.05) is 12.8 Å². The van der Waals surface area contributed by atoms with E-state index >= 15 is 0 Å². The van der Waals surface area contributed by atoms with Gasteiger partial charge in [0.2, 0.25) is 0 Å². The molecule has 0 heterocycles. The Bertz CT molecular complexity index is 612. The highest BCUT2D eigenvalue weighted by molar-refractivity contribution is 7.92. The number of hydrogen-bond acceptors (Lipinski definition) is 3. The molecule has 1 aromatic carbocycles. The fourth-order valence-electron chi connectivity index (χ4n) is 2.14. The molecule has 0 aliphatic rings. The number of nitrogens with one attached hydrogen (secondary N) is 1. The van der Waals surface area contributed by atoms with Gasteiger partial charge in [0.25, 0.3) is 0 Å². The van der Waals surface area contributed by atoms with E-state index in [2.05, 4.69) is 5.32 Å². The molecule has 0 radical (unpaired) electrons. The van der Waals surface area contributed by atoms with Gasteiger partial charge in [0.05, 0.1) is 10.8 Å². The summed E-state index contributed by atoms with van der Waals surface area (Å²) in [6.45, 7) is 6.87. The lowest BCUT2D eigenvalue weighted by Crippen LogP contribution is -2.46.